The maximum Gasteiger partial charge on any atom is 0.338 e. The van der Waals surface area contributed by atoms with Crippen LogP contribution in [0.5, 0.6) is 0 Å². The number of carbonyl (C=O) groups excluding carboxylic acids is 2. The second kappa shape index (κ2) is 8.83. The van der Waals surface area contributed by atoms with Gasteiger partial charge >= 0.3 is 5.97 Å². The summed E-state index contributed by atoms with van der Waals surface area (Å²) in [5.41, 5.74) is 2.09. The smallest absolute Gasteiger partial charge is 0.338 e. The molecule has 1 aliphatic rings. The van der Waals surface area contributed by atoms with Crippen LogP contribution in [0.4, 0.5) is 5.00 Å². The van der Waals surface area contributed by atoms with Gasteiger partial charge in [0, 0.05) is 0 Å². The van der Waals surface area contributed by atoms with E-state index in [4.69, 9.17) is 10.00 Å². The van der Waals surface area contributed by atoms with Gasteiger partial charge in [0.05, 0.1) is 11.1 Å². The van der Waals surface area contributed by atoms with Crippen molar-refractivity contribution in [2.75, 3.05) is 5.32 Å². The third kappa shape index (κ3) is 4.75. The molecule has 1 aromatic carbocycles. The van der Waals surface area contributed by atoms with Crippen LogP contribution in [0.2, 0.25) is 0 Å². The molecular formula is C21H22N2O3S. The zero-order valence-electron chi connectivity index (χ0n) is 15.2. The highest BCUT2D eigenvalue weighted by Crippen LogP contribution is 2.32. The second-order valence-corrected chi connectivity index (χ2v) is 7.69. The molecule has 0 spiro atoms. The summed E-state index contributed by atoms with van der Waals surface area (Å²) in [4.78, 5) is 24.5. The number of nitrogens with zero attached hydrogens (tertiary/aromatic N) is 1. The van der Waals surface area contributed by atoms with Gasteiger partial charge in [0.25, 0.3) is 5.91 Å². The first-order valence-electron chi connectivity index (χ1n) is 9.18. The Bertz CT molecular complexity index is 845. The summed E-state index contributed by atoms with van der Waals surface area (Å²) in [6, 6.07) is 11.1. The molecular weight excluding hydrogens is 360 g/mol. The van der Waals surface area contributed by atoms with E-state index in [9.17, 15) is 9.59 Å². The highest BCUT2D eigenvalue weighted by Gasteiger charge is 2.21. The average Bonchev–Trinajstić information content (AvgIpc) is 3.15. The number of rotatable bonds is 5. The summed E-state index contributed by atoms with van der Waals surface area (Å²) in [6.45, 7) is 1.52. The second-order valence-electron chi connectivity index (χ2n) is 6.77. The van der Waals surface area contributed by atoms with E-state index >= 15 is 0 Å². The molecule has 0 unspecified atom stereocenters. The molecule has 140 valence electrons. The molecule has 1 N–H and O–H groups in total. The molecule has 1 heterocycles. The van der Waals surface area contributed by atoms with Crippen molar-refractivity contribution in [3.63, 3.8) is 0 Å². The van der Waals surface area contributed by atoms with Crippen molar-refractivity contribution in [3.8, 4) is 6.07 Å². The Balaban J connectivity index is 1.57. The number of thiophene rings is 1. The third-order valence-electron chi connectivity index (χ3n) is 4.90. The summed E-state index contributed by atoms with van der Waals surface area (Å²) in [6.07, 6.45) is 5.28. The zero-order chi connectivity index (χ0) is 19.2. The van der Waals surface area contributed by atoms with Gasteiger partial charge in [-0.2, -0.15) is 5.26 Å². The minimum absolute atomic E-state index is 0.394. The minimum Gasteiger partial charge on any atom is -0.449 e. The first-order chi connectivity index (χ1) is 13.1. The number of anilines is 1. The Morgan fingerprint density at radius 3 is 2.56 bits per heavy atom. The molecule has 1 amide bonds. The fraction of sp³-hybridized carbons (Fsp3) is 0.381. The average molecular weight is 382 g/mol. The van der Waals surface area contributed by atoms with Crippen LogP contribution in [-0.4, -0.2) is 18.0 Å². The van der Waals surface area contributed by atoms with Gasteiger partial charge in [0.1, 0.15) is 11.1 Å². The predicted molar refractivity (Wildman–Crippen MR) is 105 cm³/mol. The van der Waals surface area contributed by atoms with Crippen LogP contribution in [-0.2, 0) is 9.53 Å². The first-order valence-corrected chi connectivity index (χ1v) is 10.1. The van der Waals surface area contributed by atoms with Gasteiger partial charge in [-0.25, -0.2) is 4.79 Å². The van der Waals surface area contributed by atoms with Gasteiger partial charge in [-0.3, -0.25) is 4.79 Å². The van der Waals surface area contributed by atoms with Crippen molar-refractivity contribution in [3.05, 3.63) is 52.4 Å². The van der Waals surface area contributed by atoms with E-state index in [2.05, 4.69) is 5.32 Å². The molecule has 6 heteroatoms. The van der Waals surface area contributed by atoms with Crippen molar-refractivity contribution in [2.45, 2.75) is 51.0 Å². The van der Waals surface area contributed by atoms with Crippen LogP contribution in [0.25, 0.3) is 0 Å². The van der Waals surface area contributed by atoms with Gasteiger partial charge < -0.3 is 10.1 Å². The lowest BCUT2D eigenvalue weighted by atomic mass is 9.84. The quantitative estimate of drug-likeness (QED) is 0.750. The Hall–Kier alpha value is -2.65. The molecule has 1 fully saturated rings. The lowest BCUT2D eigenvalue weighted by Gasteiger charge is -2.22. The maximum absolute atomic E-state index is 12.3. The fourth-order valence-corrected chi connectivity index (χ4v) is 4.06. The van der Waals surface area contributed by atoms with E-state index < -0.39 is 18.0 Å². The van der Waals surface area contributed by atoms with E-state index in [1.54, 1.807) is 23.6 Å². The minimum atomic E-state index is -0.954. The molecule has 5 nitrogen and oxygen atoms in total. The number of ether oxygens (including phenoxy) is 1. The van der Waals surface area contributed by atoms with Gasteiger partial charge in [0.15, 0.2) is 6.10 Å². The monoisotopic (exact) mass is 382 g/mol. The molecule has 1 aromatic heterocycles. The molecule has 0 radical (unpaired) electrons. The van der Waals surface area contributed by atoms with Crippen LogP contribution < -0.4 is 5.32 Å². The van der Waals surface area contributed by atoms with E-state index in [1.807, 2.05) is 18.2 Å². The topological polar surface area (TPSA) is 79.2 Å². The molecule has 3 rings (SSSR count). The van der Waals surface area contributed by atoms with Crippen molar-refractivity contribution >= 4 is 28.2 Å². The number of nitrogens with one attached hydrogen (secondary N) is 1. The summed E-state index contributed by atoms with van der Waals surface area (Å²) in [7, 11) is 0. The maximum atomic E-state index is 12.3. The Kier molecular flexibility index (Phi) is 6.25. The molecule has 0 aliphatic heterocycles. The Labute approximate surface area is 163 Å². The number of carbonyl (C=O) groups is 2. The van der Waals surface area contributed by atoms with Crippen molar-refractivity contribution < 1.29 is 14.3 Å². The standard InChI is InChI=1S/C21H22N2O3S/c1-14(19(24)23-20-18(13-22)11-12-27-20)26-21(25)17-9-7-16(8-10-17)15-5-3-2-4-6-15/h7-12,14-15H,2-6H2,1H3,(H,23,24)/t14-/m0/s1. The first kappa shape index (κ1) is 19.1. The van der Waals surface area contributed by atoms with Gasteiger partial charge in [-0.15, -0.1) is 11.3 Å². The van der Waals surface area contributed by atoms with E-state index in [0.717, 1.165) is 0 Å². The highest BCUT2D eigenvalue weighted by atomic mass is 32.1. The highest BCUT2D eigenvalue weighted by molar-refractivity contribution is 7.14. The summed E-state index contributed by atoms with van der Waals surface area (Å²) < 4.78 is 5.28. The van der Waals surface area contributed by atoms with Crippen molar-refractivity contribution in [2.24, 2.45) is 0 Å². The molecule has 1 saturated carbocycles. The molecule has 1 aliphatic carbocycles. The van der Waals surface area contributed by atoms with Crippen LogP contribution in [0.3, 0.4) is 0 Å². The summed E-state index contributed by atoms with van der Waals surface area (Å²) >= 11 is 1.26. The number of nitriles is 1. The molecule has 27 heavy (non-hydrogen) atoms. The normalized spacial score (nSPS) is 15.6. The lowest BCUT2D eigenvalue weighted by molar-refractivity contribution is -0.123. The molecule has 0 saturated heterocycles. The summed E-state index contributed by atoms with van der Waals surface area (Å²) in [5, 5.41) is 13.8. The van der Waals surface area contributed by atoms with Crippen LogP contribution in [0.15, 0.2) is 35.7 Å². The number of esters is 1. The number of benzene rings is 1. The van der Waals surface area contributed by atoms with Crippen LogP contribution in [0.1, 0.15) is 66.4 Å². The van der Waals surface area contributed by atoms with Crippen molar-refractivity contribution in [1.29, 1.82) is 5.26 Å². The third-order valence-corrected chi connectivity index (χ3v) is 5.73. The van der Waals surface area contributed by atoms with Gasteiger partial charge in [-0.1, -0.05) is 31.4 Å². The number of hydrogen-bond donors (Lipinski definition) is 1. The summed E-state index contributed by atoms with van der Waals surface area (Å²) in [5.74, 6) is -0.408. The largest absolute Gasteiger partial charge is 0.449 e. The van der Waals surface area contributed by atoms with Gasteiger partial charge in [0.2, 0.25) is 0 Å². The Morgan fingerprint density at radius 2 is 1.89 bits per heavy atom. The molecule has 2 aromatic rings. The lowest BCUT2D eigenvalue weighted by Crippen LogP contribution is -2.29. The molecule has 1 atom stereocenters. The predicted octanol–water partition coefficient (Wildman–Crippen LogP) is 4.85. The van der Waals surface area contributed by atoms with Crippen LogP contribution in [0, 0.1) is 11.3 Å². The molecule has 0 bridgehead atoms. The number of hydrogen-bond acceptors (Lipinski definition) is 5. The SMILES string of the molecule is C[C@H](OC(=O)c1ccc(C2CCCCC2)cc1)C(=O)Nc1sccc1C#N. The zero-order valence-corrected chi connectivity index (χ0v) is 16.1. The van der Waals surface area contributed by atoms with E-state index in [1.165, 1.54) is 55.9 Å². The van der Waals surface area contributed by atoms with Gasteiger partial charge in [-0.05, 0) is 54.8 Å². The van der Waals surface area contributed by atoms with E-state index in [0.29, 0.717) is 22.0 Å². The fourth-order valence-electron chi connectivity index (χ4n) is 3.32. The number of amides is 1. The van der Waals surface area contributed by atoms with E-state index in [-0.39, 0.29) is 0 Å². The van der Waals surface area contributed by atoms with Crippen molar-refractivity contribution in [1.82, 2.24) is 0 Å². The van der Waals surface area contributed by atoms with Crippen LogP contribution >= 0.6 is 11.3 Å². The Morgan fingerprint density at radius 1 is 1.19 bits per heavy atom.